The number of imide groups is 2. The monoisotopic (exact) mass is 901 g/mol. The highest BCUT2D eigenvalue weighted by atomic mass is 35.5. The van der Waals surface area contributed by atoms with Gasteiger partial charge in [0.2, 0.25) is 17.8 Å². The van der Waals surface area contributed by atoms with Gasteiger partial charge in [-0.15, -0.1) is 0 Å². The van der Waals surface area contributed by atoms with E-state index in [0.29, 0.717) is 46.1 Å². The van der Waals surface area contributed by atoms with Gasteiger partial charge in [-0.05, 0) is 62.8 Å². The molecule has 20 heteroatoms. The largest absolute Gasteiger partial charge is 0.494 e. The molecule has 1 atom stereocenters. The topological polar surface area (TPSA) is 169 Å². The Morgan fingerprint density at radius 2 is 1.60 bits per heavy atom. The number of piperazine rings is 1. The number of nitrogens with zero attached hydrogens (tertiary/aromatic N) is 6. The van der Waals surface area contributed by atoms with E-state index in [-0.39, 0.29) is 41.0 Å². The van der Waals surface area contributed by atoms with Crippen LogP contribution in [-0.2, 0) is 14.2 Å². The Bertz CT molecular complexity index is 2890. The molecule has 4 aromatic rings. The Kier molecular flexibility index (Phi) is 9.40. The molecule has 0 saturated carbocycles. The molecule has 15 nitrogen and oxygen atoms in total. The van der Waals surface area contributed by atoms with Crippen LogP contribution in [0.5, 0.6) is 5.75 Å². The number of piperidine rings is 2. The third kappa shape index (κ3) is 8.30. The van der Waals surface area contributed by atoms with Crippen LogP contribution in [0.1, 0.15) is 57.4 Å². The van der Waals surface area contributed by atoms with Crippen molar-refractivity contribution in [3.63, 3.8) is 0 Å². The fourth-order valence-corrected chi connectivity index (χ4v) is 8.99. The van der Waals surface area contributed by atoms with E-state index >= 15 is 13.2 Å². The number of aromatic nitrogens is 2. The summed E-state index contributed by atoms with van der Waals surface area (Å²) in [4.78, 5) is 61.7. The molecule has 0 radical (unpaired) electrons. The lowest BCUT2D eigenvalue weighted by atomic mass is 9.95. The number of carbonyl (C=O) groups is 4. The molecule has 0 aliphatic carbocycles. The number of fused-ring (bicyclic) bond motifs is 1. The second-order valence-corrected chi connectivity index (χ2v) is 18.8. The summed E-state index contributed by atoms with van der Waals surface area (Å²) in [6, 6.07) is 10.6. The summed E-state index contributed by atoms with van der Waals surface area (Å²) < 4.78 is 139. The fraction of sp³-hybridized carbons (Fsp3) is 0.381. The molecule has 4 amide bonds. The molecule has 1 unspecified atom stereocenters. The SMILES string of the molecule is [2H]C1([2H])N(CC2CCN(c3ccc(Nc4ncc(Cl)c(Nc5ccccc5P(C)(C)=O)n4)c(OC)c3)CC2)C([2H])([2H])C([2H])([2H])N(c2c(F)c(F)c3c(c2F)C(=O)N(C2CCC(=O)NC2=O)C3=O)C1([2H])[2H]. The first-order valence-corrected chi connectivity index (χ1v) is 22.3. The van der Waals surface area contributed by atoms with Crippen molar-refractivity contribution in [1.82, 2.24) is 25.1 Å². The number of carbonyl (C=O) groups excluding carboxylic acids is 4. The van der Waals surface area contributed by atoms with E-state index in [1.54, 1.807) is 55.8 Å². The normalized spacial score (nSPS) is 24.0. The summed E-state index contributed by atoms with van der Waals surface area (Å²) in [7, 11) is -1.21. The quantitative estimate of drug-likeness (QED) is 0.0949. The maximum absolute atomic E-state index is 16.6. The zero-order chi connectivity index (χ0) is 51.2. The fourth-order valence-electron chi connectivity index (χ4n) is 7.69. The number of halogens is 4. The molecular weight excluding hydrogens is 850 g/mol. The second kappa shape index (κ2) is 17.2. The first kappa shape index (κ1) is 33.9. The van der Waals surface area contributed by atoms with Crippen molar-refractivity contribution in [2.45, 2.75) is 31.7 Å². The summed E-state index contributed by atoms with van der Waals surface area (Å²) in [6.07, 6.45) is 1.07. The molecule has 3 aromatic carbocycles. The van der Waals surface area contributed by atoms with Gasteiger partial charge < -0.3 is 29.7 Å². The standard InChI is InChI=1S/C42H44ClF3N9O6P/c1-61-29-20-24(8-9-26(29)49-42-47-21-25(43)38(51-42)48-27-6-4-5-7-30(27)62(2,3)60)53-14-12-23(13-15-53)22-52-16-18-54(19-17-52)37-35(45)33-32(34(44)36(37)46)40(58)55(41(33)59)28-10-11-31(56)50-39(28)57/h4-9,20-21,23,28H,10-19,22H2,1-3H3,(H,50,56,57)(H2,47,48,49,51)/i16D2,17D2,18D2,19D2. The van der Waals surface area contributed by atoms with Crippen LogP contribution in [0.3, 0.4) is 0 Å². The second-order valence-electron chi connectivity index (χ2n) is 15.2. The highest BCUT2D eigenvalue weighted by Crippen LogP contribution is 2.41. The highest BCUT2D eigenvalue weighted by Gasteiger charge is 2.49. The Morgan fingerprint density at radius 3 is 2.27 bits per heavy atom. The van der Waals surface area contributed by atoms with E-state index in [4.69, 9.17) is 27.3 Å². The molecule has 0 bridgehead atoms. The minimum absolute atomic E-state index is 0.101. The lowest BCUT2D eigenvalue weighted by Gasteiger charge is -2.40. The molecular formula is C42H44ClF3N9O6P. The maximum atomic E-state index is 16.6. The predicted molar refractivity (Wildman–Crippen MR) is 229 cm³/mol. The van der Waals surface area contributed by atoms with E-state index < -0.39 is 121 Å². The first-order chi connectivity index (χ1) is 32.6. The van der Waals surface area contributed by atoms with Gasteiger partial charge in [0.1, 0.15) is 29.6 Å². The minimum Gasteiger partial charge on any atom is -0.494 e. The van der Waals surface area contributed by atoms with Crippen molar-refractivity contribution in [2.75, 3.05) is 86.5 Å². The van der Waals surface area contributed by atoms with E-state index in [1.165, 1.54) is 13.3 Å². The molecule has 3 fully saturated rings. The summed E-state index contributed by atoms with van der Waals surface area (Å²) in [5.74, 6) is -12.0. The first-order valence-electron chi connectivity index (χ1n) is 23.3. The number of hydrogen-bond acceptors (Lipinski definition) is 13. The number of ether oxygens (including phenoxy) is 1. The molecule has 5 heterocycles. The van der Waals surface area contributed by atoms with Crippen molar-refractivity contribution in [3.05, 3.63) is 82.3 Å². The van der Waals surface area contributed by atoms with Gasteiger partial charge in [0.15, 0.2) is 23.3 Å². The van der Waals surface area contributed by atoms with Crippen molar-refractivity contribution in [3.8, 4) is 5.75 Å². The number of amides is 4. The van der Waals surface area contributed by atoms with Gasteiger partial charge in [-0.3, -0.25) is 34.3 Å². The van der Waals surface area contributed by atoms with Gasteiger partial charge in [0.05, 0.1) is 41.3 Å². The molecule has 62 heavy (non-hydrogen) atoms. The average Bonchev–Trinajstić information content (AvgIpc) is 3.55. The van der Waals surface area contributed by atoms with Crippen LogP contribution in [0.2, 0.25) is 5.02 Å². The Hall–Kier alpha value is -5.71. The Balaban J connectivity index is 0.989. The lowest BCUT2D eigenvalue weighted by Crippen LogP contribution is -2.54. The Morgan fingerprint density at radius 1 is 0.903 bits per heavy atom. The maximum Gasteiger partial charge on any atom is 0.265 e. The van der Waals surface area contributed by atoms with Gasteiger partial charge in [0.25, 0.3) is 11.8 Å². The molecule has 4 aliphatic heterocycles. The van der Waals surface area contributed by atoms with Crippen molar-refractivity contribution in [1.29, 1.82) is 0 Å². The van der Waals surface area contributed by atoms with Crippen LogP contribution in [-0.4, -0.2) is 115 Å². The van der Waals surface area contributed by atoms with Crippen LogP contribution in [0, 0.1) is 23.4 Å². The van der Waals surface area contributed by atoms with Crippen LogP contribution in [0.15, 0.2) is 48.7 Å². The molecule has 8 rings (SSSR count). The smallest absolute Gasteiger partial charge is 0.265 e. The van der Waals surface area contributed by atoms with Gasteiger partial charge in [-0.1, -0.05) is 23.7 Å². The number of benzene rings is 3. The van der Waals surface area contributed by atoms with E-state index in [1.807, 2.05) is 10.2 Å². The molecule has 4 aliphatic rings. The summed E-state index contributed by atoms with van der Waals surface area (Å²) in [5, 5.41) is 8.95. The lowest BCUT2D eigenvalue weighted by molar-refractivity contribution is -0.136. The third-order valence-electron chi connectivity index (χ3n) is 10.8. The molecule has 3 N–H and O–H groups in total. The number of para-hydroxylation sites is 1. The number of methoxy groups -OCH3 is 1. The number of rotatable bonds is 11. The minimum atomic E-state index is -3.91. The van der Waals surface area contributed by atoms with Crippen LogP contribution in [0.25, 0.3) is 0 Å². The molecule has 1 aromatic heterocycles. The zero-order valence-electron chi connectivity index (χ0n) is 41.3. The van der Waals surface area contributed by atoms with Gasteiger partial charge in [-0.25, -0.2) is 18.2 Å². The van der Waals surface area contributed by atoms with Gasteiger partial charge in [-0.2, -0.15) is 4.98 Å². The highest BCUT2D eigenvalue weighted by molar-refractivity contribution is 7.70. The third-order valence-corrected chi connectivity index (χ3v) is 12.7. The average molecular weight is 902 g/mol. The number of anilines is 6. The zero-order valence-corrected chi connectivity index (χ0v) is 35.0. The summed E-state index contributed by atoms with van der Waals surface area (Å²) in [6.45, 7) is -11.7. The van der Waals surface area contributed by atoms with E-state index in [9.17, 15) is 23.7 Å². The van der Waals surface area contributed by atoms with E-state index in [2.05, 4.69) is 20.6 Å². The van der Waals surface area contributed by atoms with Crippen molar-refractivity contribution < 1.29 is 52.6 Å². The molecule has 0 spiro atoms. The molecule has 3 saturated heterocycles. The molecule has 326 valence electrons. The van der Waals surface area contributed by atoms with Crippen LogP contribution >= 0.6 is 18.7 Å². The number of hydrogen-bond donors (Lipinski definition) is 3. The summed E-state index contributed by atoms with van der Waals surface area (Å²) in [5.41, 5.74) is -3.28. The summed E-state index contributed by atoms with van der Waals surface area (Å²) >= 11 is 6.43. The number of nitrogens with one attached hydrogen (secondary N) is 3. The van der Waals surface area contributed by atoms with Crippen LogP contribution < -0.4 is 35.8 Å². The van der Waals surface area contributed by atoms with Crippen LogP contribution in [0.4, 0.5) is 47.7 Å². The van der Waals surface area contributed by atoms with Gasteiger partial charge in [0, 0.05) is 74.6 Å². The van der Waals surface area contributed by atoms with Gasteiger partial charge >= 0.3 is 0 Å². The Labute approximate surface area is 371 Å². The predicted octanol–water partition coefficient (Wildman–Crippen LogP) is 5.73. The van der Waals surface area contributed by atoms with Crippen molar-refractivity contribution >= 4 is 82.2 Å². The van der Waals surface area contributed by atoms with E-state index in [0.717, 1.165) is 0 Å². The van der Waals surface area contributed by atoms with Crippen molar-refractivity contribution in [2.24, 2.45) is 5.92 Å².